The van der Waals surface area contributed by atoms with Gasteiger partial charge in [-0.3, -0.25) is 4.79 Å². The van der Waals surface area contributed by atoms with Crippen molar-refractivity contribution < 1.29 is 9.18 Å². The summed E-state index contributed by atoms with van der Waals surface area (Å²) < 4.78 is 13.2. The molecule has 2 aliphatic heterocycles. The van der Waals surface area contributed by atoms with E-state index in [0.717, 1.165) is 12.8 Å². The maximum absolute atomic E-state index is 13.2. The summed E-state index contributed by atoms with van der Waals surface area (Å²) in [6, 6.07) is 7.19. The summed E-state index contributed by atoms with van der Waals surface area (Å²) in [5.41, 5.74) is 0.535. The number of Topliss-reactive ketones (excluding diaryl/α,β-unsaturated/α-hetero) is 1. The lowest BCUT2D eigenvalue weighted by atomic mass is 9.76. The van der Waals surface area contributed by atoms with Crippen molar-refractivity contribution >= 4 is 5.78 Å². The molecule has 0 saturated carbocycles. The summed E-state index contributed by atoms with van der Waals surface area (Å²) in [5, 5.41) is 0. The van der Waals surface area contributed by atoms with E-state index in [1.54, 1.807) is 12.1 Å². The van der Waals surface area contributed by atoms with Crippen molar-refractivity contribution in [3.05, 3.63) is 35.6 Å². The zero-order valence-electron chi connectivity index (χ0n) is 11.3. The third-order valence-electron chi connectivity index (χ3n) is 4.82. The van der Waals surface area contributed by atoms with Crippen LogP contribution in [0.5, 0.6) is 0 Å². The van der Waals surface area contributed by atoms with Crippen molar-refractivity contribution in [1.29, 1.82) is 0 Å². The Morgan fingerprint density at radius 1 is 1.26 bits per heavy atom. The summed E-state index contributed by atoms with van der Waals surface area (Å²) in [5.74, 6) is -0.114. The second-order valence-corrected chi connectivity index (χ2v) is 5.95. The van der Waals surface area contributed by atoms with Gasteiger partial charge in [-0.2, -0.15) is 0 Å². The summed E-state index contributed by atoms with van der Waals surface area (Å²) in [6.45, 7) is 0. The Kier molecular flexibility index (Phi) is 3.40. The molecular weight excluding hydrogens is 241 g/mol. The van der Waals surface area contributed by atoms with Crippen LogP contribution in [0, 0.1) is 11.7 Å². The third kappa shape index (κ3) is 2.44. The standard InChI is InChI=1S/C16H20FNO/c1-18-14-6-3-7-15(18)10-12(9-14)16(19)11-4-2-5-13(17)8-11/h2,4-5,8,12,14-15H,3,6-7,9-10H2,1H3. The second kappa shape index (κ2) is 5.04. The summed E-state index contributed by atoms with van der Waals surface area (Å²) >= 11 is 0. The molecule has 2 fully saturated rings. The molecule has 0 aliphatic carbocycles. The van der Waals surface area contributed by atoms with Gasteiger partial charge in [0.05, 0.1) is 0 Å². The van der Waals surface area contributed by atoms with E-state index in [-0.39, 0.29) is 17.5 Å². The van der Waals surface area contributed by atoms with Gasteiger partial charge in [0, 0.05) is 23.6 Å². The van der Waals surface area contributed by atoms with E-state index in [9.17, 15) is 9.18 Å². The maximum Gasteiger partial charge on any atom is 0.166 e. The van der Waals surface area contributed by atoms with Crippen LogP contribution in [-0.4, -0.2) is 29.8 Å². The first-order valence-electron chi connectivity index (χ1n) is 7.17. The predicted octanol–water partition coefficient (Wildman–Crippen LogP) is 3.27. The van der Waals surface area contributed by atoms with Crippen molar-refractivity contribution in [1.82, 2.24) is 4.90 Å². The maximum atomic E-state index is 13.2. The fraction of sp³-hybridized carbons (Fsp3) is 0.562. The smallest absolute Gasteiger partial charge is 0.166 e. The van der Waals surface area contributed by atoms with Crippen LogP contribution in [0.25, 0.3) is 0 Å². The number of carbonyl (C=O) groups excluding carboxylic acids is 1. The quantitative estimate of drug-likeness (QED) is 0.762. The molecule has 1 aromatic carbocycles. The fourth-order valence-corrected chi connectivity index (χ4v) is 3.71. The Labute approximate surface area is 113 Å². The minimum atomic E-state index is -0.320. The van der Waals surface area contributed by atoms with Gasteiger partial charge in [0.25, 0.3) is 0 Å². The van der Waals surface area contributed by atoms with Crippen LogP contribution in [0.4, 0.5) is 4.39 Å². The van der Waals surface area contributed by atoms with E-state index < -0.39 is 0 Å². The van der Waals surface area contributed by atoms with Gasteiger partial charge in [0.1, 0.15) is 5.82 Å². The summed E-state index contributed by atoms with van der Waals surface area (Å²) in [4.78, 5) is 14.9. The highest BCUT2D eigenvalue weighted by molar-refractivity contribution is 5.98. The molecule has 2 saturated heterocycles. The Hall–Kier alpha value is -1.22. The molecule has 0 amide bonds. The normalized spacial score (nSPS) is 31.2. The lowest BCUT2D eigenvalue weighted by Gasteiger charge is -2.46. The number of piperidine rings is 2. The van der Waals surface area contributed by atoms with E-state index >= 15 is 0 Å². The van der Waals surface area contributed by atoms with E-state index in [2.05, 4.69) is 11.9 Å². The van der Waals surface area contributed by atoms with Gasteiger partial charge >= 0.3 is 0 Å². The highest BCUT2D eigenvalue weighted by Crippen LogP contribution is 2.37. The van der Waals surface area contributed by atoms with Gasteiger partial charge in [-0.25, -0.2) is 4.39 Å². The largest absolute Gasteiger partial charge is 0.300 e. The molecule has 2 heterocycles. The number of rotatable bonds is 2. The number of benzene rings is 1. The first-order valence-corrected chi connectivity index (χ1v) is 7.17. The van der Waals surface area contributed by atoms with Gasteiger partial charge in [-0.05, 0) is 44.9 Å². The number of halogens is 1. The van der Waals surface area contributed by atoms with Gasteiger partial charge in [-0.15, -0.1) is 0 Å². The molecule has 19 heavy (non-hydrogen) atoms. The van der Waals surface area contributed by atoms with Crippen LogP contribution in [0.15, 0.2) is 24.3 Å². The number of hydrogen-bond donors (Lipinski definition) is 0. The lowest BCUT2D eigenvalue weighted by Crippen LogP contribution is -2.51. The molecule has 2 nitrogen and oxygen atoms in total. The van der Waals surface area contributed by atoms with Crippen LogP contribution < -0.4 is 0 Å². The van der Waals surface area contributed by atoms with Crippen molar-refractivity contribution in [3.8, 4) is 0 Å². The van der Waals surface area contributed by atoms with Crippen LogP contribution in [0.2, 0.25) is 0 Å². The van der Waals surface area contributed by atoms with E-state index in [4.69, 9.17) is 0 Å². The van der Waals surface area contributed by atoms with Gasteiger partial charge in [-0.1, -0.05) is 18.6 Å². The Morgan fingerprint density at radius 3 is 2.58 bits per heavy atom. The van der Waals surface area contributed by atoms with Crippen molar-refractivity contribution in [2.24, 2.45) is 5.92 Å². The van der Waals surface area contributed by atoms with Crippen molar-refractivity contribution in [2.45, 2.75) is 44.2 Å². The molecule has 2 atom stereocenters. The van der Waals surface area contributed by atoms with Crippen LogP contribution in [0.1, 0.15) is 42.5 Å². The van der Waals surface area contributed by atoms with E-state index in [1.165, 1.54) is 31.4 Å². The molecular formula is C16H20FNO. The van der Waals surface area contributed by atoms with Crippen LogP contribution in [0.3, 0.4) is 0 Å². The molecule has 3 rings (SSSR count). The number of nitrogens with zero attached hydrogens (tertiary/aromatic N) is 1. The summed E-state index contributed by atoms with van der Waals surface area (Å²) in [6.07, 6.45) is 5.53. The first-order chi connectivity index (χ1) is 9.15. The average molecular weight is 261 g/mol. The lowest BCUT2D eigenvalue weighted by molar-refractivity contribution is 0.0338. The molecule has 2 aliphatic rings. The van der Waals surface area contributed by atoms with Gasteiger partial charge in [0.15, 0.2) is 5.78 Å². The third-order valence-corrected chi connectivity index (χ3v) is 4.82. The molecule has 3 heteroatoms. The monoisotopic (exact) mass is 261 g/mol. The zero-order valence-corrected chi connectivity index (χ0v) is 11.3. The number of ketones is 1. The van der Waals surface area contributed by atoms with E-state index in [0.29, 0.717) is 17.6 Å². The Balaban J connectivity index is 1.78. The number of carbonyl (C=O) groups is 1. The number of fused-ring (bicyclic) bond motifs is 2. The predicted molar refractivity (Wildman–Crippen MR) is 72.6 cm³/mol. The minimum absolute atomic E-state index is 0.0771. The molecule has 0 N–H and O–H groups in total. The molecule has 2 bridgehead atoms. The molecule has 2 unspecified atom stereocenters. The first kappa shape index (κ1) is 12.8. The molecule has 102 valence electrons. The SMILES string of the molecule is CN1C2CCCC1CC(C(=O)c1cccc(F)c1)C2. The van der Waals surface area contributed by atoms with Crippen molar-refractivity contribution in [2.75, 3.05) is 7.05 Å². The Morgan fingerprint density at radius 2 is 1.95 bits per heavy atom. The molecule has 0 radical (unpaired) electrons. The highest BCUT2D eigenvalue weighted by Gasteiger charge is 2.38. The van der Waals surface area contributed by atoms with Gasteiger partial charge in [0.2, 0.25) is 0 Å². The van der Waals surface area contributed by atoms with Gasteiger partial charge < -0.3 is 4.90 Å². The zero-order chi connectivity index (χ0) is 13.4. The Bertz CT molecular complexity index is 473. The minimum Gasteiger partial charge on any atom is -0.300 e. The van der Waals surface area contributed by atoms with Crippen LogP contribution in [-0.2, 0) is 0 Å². The molecule has 0 aromatic heterocycles. The average Bonchev–Trinajstić information content (AvgIpc) is 2.37. The second-order valence-electron chi connectivity index (χ2n) is 5.95. The summed E-state index contributed by atoms with van der Waals surface area (Å²) in [7, 11) is 2.18. The molecule has 1 aromatic rings. The fourth-order valence-electron chi connectivity index (χ4n) is 3.71. The number of hydrogen-bond acceptors (Lipinski definition) is 2. The topological polar surface area (TPSA) is 20.3 Å². The van der Waals surface area contributed by atoms with E-state index in [1.807, 2.05) is 0 Å². The van der Waals surface area contributed by atoms with Crippen molar-refractivity contribution in [3.63, 3.8) is 0 Å². The highest BCUT2D eigenvalue weighted by atomic mass is 19.1. The van der Waals surface area contributed by atoms with Crippen LogP contribution >= 0.6 is 0 Å². The molecule has 0 spiro atoms.